The number of ether oxygens (including phenoxy) is 1. The van der Waals surface area contributed by atoms with E-state index in [4.69, 9.17) is 0 Å². The largest absolute Gasteiger partial charge is 0.419 e. The fourth-order valence-corrected chi connectivity index (χ4v) is 2.32. The van der Waals surface area contributed by atoms with Crippen LogP contribution in [0.15, 0.2) is 23.1 Å². The van der Waals surface area contributed by atoms with Crippen molar-refractivity contribution in [2.24, 2.45) is 0 Å². The normalized spacial score (nSPS) is 12.2. The third-order valence-electron chi connectivity index (χ3n) is 2.24. The molecule has 0 unspecified atom stereocenters. The van der Waals surface area contributed by atoms with Crippen molar-refractivity contribution in [3.8, 4) is 0 Å². The van der Waals surface area contributed by atoms with E-state index in [0.29, 0.717) is 12.1 Å². The van der Waals surface area contributed by atoms with Crippen molar-refractivity contribution in [1.29, 1.82) is 0 Å². The van der Waals surface area contributed by atoms with E-state index >= 15 is 0 Å². The standard InChI is InChI=1S/C11H11F4NO4S/c1-2-20-6-10(17)16-21(18,19)7-3-4-9(12)8(5-7)11(13,14)15/h3-5H,2,6H2,1H3,(H,16,17). The Kier molecular flexibility index (Phi) is 5.29. The molecule has 1 N–H and O–H groups in total. The van der Waals surface area contributed by atoms with Crippen LogP contribution in [0.4, 0.5) is 17.6 Å². The van der Waals surface area contributed by atoms with Gasteiger partial charge in [-0.1, -0.05) is 0 Å². The van der Waals surface area contributed by atoms with Crippen molar-refractivity contribution >= 4 is 15.9 Å². The number of alkyl halides is 3. The van der Waals surface area contributed by atoms with Crippen LogP contribution in [-0.2, 0) is 25.7 Å². The number of carbonyl (C=O) groups is 1. The summed E-state index contributed by atoms with van der Waals surface area (Å²) in [6.07, 6.45) is -5.05. The first-order chi connectivity index (χ1) is 9.58. The molecular formula is C11H11F4NO4S. The smallest absolute Gasteiger partial charge is 0.372 e. The van der Waals surface area contributed by atoms with Crippen LogP contribution in [0.3, 0.4) is 0 Å². The maximum atomic E-state index is 13.1. The topological polar surface area (TPSA) is 72.5 Å². The molecule has 1 aromatic carbocycles. The minimum absolute atomic E-state index is 0.117. The fourth-order valence-electron chi connectivity index (χ4n) is 1.32. The maximum absolute atomic E-state index is 13.1. The number of carbonyl (C=O) groups excluding carboxylic acids is 1. The maximum Gasteiger partial charge on any atom is 0.419 e. The minimum Gasteiger partial charge on any atom is -0.372 e. The van der Waals surface area contributed by atoms with E-state index in [1.165, 1.54) is 4.72 Å². The molecule has 0 atom stereocenters. The first-order valence-corrected chi connectivity index (χ1v) is 7.06. The zero-order chi connectivity index (χ0) is 16.3. The van der Waals surface area contributed by atoms with Crippen molar-refractivity contribution in [3.63, 3.8) is 0 Å². The van der Waals surface area contributed by atoms with Gasteiger partial charge >= 0.3 is 6.18 Å². The summed E-state index contributed by atoms with van der Waals surface area (Å²) in [5, 5.41) is 0. The predicted molar refractivity (Wildman–Crippen MR) is 63.2 cm³/mol. The van der Waals surface area contributed by atoms with Crippen LogP contribution in [0.25, 0.3) is 0 Å². The molecule has 5 nitrogen and oxygen atoms in total. The van der Waals surface area contributed by atoms with E-state index in [0.717, 1.165) is 0 Å². The Morgan fingerprint density at radius 2 is 1.95 bits per heavy atom. The highest BCUT2D eigenvalue weighted by Gasteiger charge is 2.35. The Labute approximate surface area is 118 Å². The summed E-state index contributed by atoms with van der Waals surface area (Å²) in [7, 11) is -4.54. The van der Waals surface area contributed by atoms with Crippen molar-refractivity contribution in [1.82, 2.24) is 4.72 Å². The van der Waals surface area contributed by atoms with Gasteiger partial charge in [0, 0.05) is 6.61 Å². The average Bonchev–Trinajstić information content (AvgIpc) is 2.34. The van der Waals surface area contributed by atoms with E-state index in [9.17, 15) is 30.8 Å². The van der Waals surface area contributed by atoms with E-state index < -0.39 is 45.0 Å². The number of amides is 1. The van der Waals surface area contributed by atoms with Gasteiger partial charge in [-0.15, -0.1) is 0 Å². The Hall–Kier alpha value is -1.68. The number of benzene rings is 1. The summed E-state index contributed by atoms with van der Waals surface area (Å²) in [5.41, 5.74) is -1.73. The molecule has 1 aromatic rings. The molecule has 1 amide bonds. The molecule has 0 fully saturated rings. The van der Waals surface area contributed by atoms with Gasteiger partial charge in [0.15, 0.2) is 0 Å². The molecule has 0 spiro atoms. The van der Waals surface area contributed by atoms with Gasteiger partial charge in [-0.25, -0.2) is 17.5 Å². The SMILES string of the molecule is CCOCC(=O)NS(=O)(=O)c1ccc(F)c(C(F)(F)F)c1. The molecule has 10 heteroatoms. The van der Waals surface area contributed by atoms with E-state index in [1.54, 1.807) is 6.92 Å². The van der Waals surface area contributed by atoms with Gasteiger partial charge in [0.1, 0.15) is 12.4 Å². The predicted octanol–water partition coefficient (Wildman–Crippen LogP) is 1.69. The number of sulfonamides is 1. The summed E-state index contributed by atoms with van der Waals surface area (Å²) >= 11 is 0. The summed E-state index contributed by atoms with van der Waals surface area (Å²) in [6.45, 7) is 1.16. The van der Waals surface area contributed by atoms with Crippen molar-refractivity contribution < 1.29 is 35.5 Å². The van der Waals surface area contributed by atoms with Gasteiger partial charge in [0.05, 0.1) is 10.5 Å². The monoisotopic (exact) mass is 329 g/mol. The highest BCUT2D eigenvalue weighted by molar-refractivity contribution is 7.90. The lowest BCUT2D eigenvalue weighted by molar-refractivity contribution is -0.140. The van der Waals surface area contributed by atoms with Crippen molar-refractivity contribution in [3.05, 3.63) is 29.6 Å². The summed E-state index contributed by atoms with van der Waals surface area (Å²) in [6, 6.07) is 1.11. The Morgan fingerprint density at radius 3 is 2.48 bits per heavy atom. The zero-order valence-corrected chi connectivity index (χ0v) is 11.5. The van der Waals surface area contributed by atoms with E-state index in [-0.39, 0.29) is 12.7 Å². The van der Waals surface area contributed by atoms with Gasteiger partial charge in [0.2, 0.25) is 0 Å². The van der Waals surface area contributed by atoms with Crippen LogP contribution in [0.5, 0.6) is 0 Å². The number of hydrogen-bond acceptors (Lipinski definition) is 4. The highest BCUT2D eigenvalue weighted by atomic mass is 32.2. The highest BCUT2D eigenvalue weighted by Crippen LogP contribution is 2.32. The molecule has 21 heavy (non-hydrogen) atoms. The van der Waals surface area contributed by atoms with Crippen LogP contribution >= 0.6 is 0 Å². The van der Waals surface area contributed by atoms with E-state index in [1.807, 2.05) is 0 Å². The van der Waals surface area contributed by atoms with Crippen LogP contribution in [-0.4, -0.2) is 27.5 Å². The van der Waals surface area contributed by atoms with Crippen molar-refractivity contribution in [2.45, 2.75) is 18.0 Å². The second kappa shape index (κ2) is 6.39. The third kappa shape index (κ3) is 4.67. The molecule has 0 saturated carbocycles. The van der Waals surface area contributed by atoms with Crippen LogP contribution in [0.2, 0.25) is 0 Å². The molecule has 0 aromatic heterocycles. The quantitative estimate of drug-likeness (QED) is 0.835. The van der Waals surface area contributed by atoms with Crippen molar-refractivity contribution in [2.75, 3.05) is 13.2 Å². The molecule has 1 rings (SSSR count). The zero-order valence-electron chi connectivity index (χ0n) is 10.7. The summed E-state index contributed by atoms with van der Waals surface area (Å²) < 4.78 is 80.2. The number of rotatable bonds is 5. The Morgan fingerprint density at radius 1 is 1.33 bits per heavy atom. The lowest BCUT2D eigenvalue weighted by atomic mass is 10.2. The Bertz CT molecular complexity index is 628. The van der Waals surface area contributed by atoms with Gasteiger partial charge in [-0.2, -0.15) is 13.2 Å². The number of halogens is 4. The first kappa shape index (κ1) is 17.4. The fraction of sp³-hybridized carbons (Fsp3) is 0.364. The molecule has 0 aliphatic carbocycles. The second-order valence-corrected chi connectivity index (χ2v) is 5.49. The van der Waals surface area contributed by atoms with Gasteiger partial charge < -0.3 is 4.74 Å². The van der Waals surface area contributed by atoms with Crippen LogP contribution in [0.1, 0.15) is 12.5 Å². The van der Waals surface area contributed by atoms with E-state index in [2.05, 4.69) is 4.74 Å². The molecule has 0 bridgehead atoms. The summed E-state index contributed by atoms with van der Waals surface area (Å²) in [4.78, 5) is 10.4. The lowest BCUT2D eigenvalue weighted by Gasteiger charge is -2.11. The lowest BCUT2D eigenvalue weighted by Crippen LogP contribution is -2.33. The number of nitrogens with one attached hydrogen (secondary N) is 1. The number of hydrogen-bond donors (Lipinski definition) is 1. The molecule has 0 aliphatic rings. The molecule has 0 radical (unpaired) electrons. The van der Waals surface area contributed by atoms with Gasteiger partial charge in [-0.05, 0) is 25.1 Å². The third-order valence-corrected chi connectivity index (χ3v) is 3.61. The molecule has 0 saturated heterocycles. The van der Waals surface area contributed by atoms with Crippen LogP contribution < -0.4 is 4.72 Å². The average molecular weight is 329 g/mol. The minimum atomic E-state index is -5.05. The molecular weight excluding hydrogens is 318 g/mol. The second-order valence-electron chi connectivity index (χ2n) is 3.81. The molecule has 0 heterocycles. The van der Waals surface area contributed by atoms with Gasteiger partial charge in [0.25, 0.3) is 15.9 Å². The molecule has 0 aliphatic heterocycles. The van der Waals surface area contributed by atoms with Crippen LogP contribution in [0, 0.1) is 5.82 Å². The molecule has 118 valence electrons. The first-order valence-electron chi connectivity index (χ1n) is 5.58. The summed E-state index contributed by atoms with van der Waals surface area (Å²) in [5.74, 6) is -2.66. The Balaban J connectivity index is 3.07. The van der Waals surface area contributed by atoms with Gasteiger partial charge in [-0.3, -0.25) is 4.79 Å².